The second kappa shape index (κ2) is 11.7. The maximum Gasteiger partial charge on any atom is 0.260 e. The summed E-state index contributed by atoms with van der Waals surface area (Å²) < 4.78 is 29.4. The average Bonchev–Trinajstić information content (AvgIpc) is 3.29. The van der Waals surface area contributed by atoms with Gasteiger partial charge in [-0.3, -0.25) is 14.7 Å². The van der Waals surface area contributed by atoms with Gasteiger partial charge in [-0.2, -0.15) is 4.31 Å². The Morgan fingerprint density at radius 2 is 1.66 bits per heavy atom. The minimum Gasteiger partial charge on any atom is -0.279 e. The van der Waals surface area contributed by atoms with Crippen LogP contribution in [0, 0.1) is 18.8 Å². The van der Waals surface area contributed by atoms with E-state index in [9.17, 15) is 13.2 Å². The summed E-state index contributed by atoms with van der Waals surface area (Å²) >= 11 is 1.46. The van der Waals surface area contributed by atoms with Crippen molar-refractivity contribution in [3.63, 3.8) is 0 Å². The van der Waals surface area contributed by atoms with E-state index in [1.807, 2.05) is 58.9 Å². The molecule has 0 spiro atoms. The second-order valence-corrected chi connectivity index (χ2v) is 13.3. The molecule has 0 bridgehead atoms. The Kier molecular flexibility index (Phi) is 8.60. The number of nitrogens with zero attached hydrogens (tertiary/aromatic N) is 4. The number of sulfonamides is 1. The van der Waals surface area contributed by atoms with Crippen molar-refractivity contribution < 1.29 is 13.2 Å². The monoisotopic (exact) mass is 550 g/mol. The Morgan fingerprint density at radius 1 is 0.974 bits per heavy atom. The number of aryl methyl sites for hydroxylation is 1. The van der Waals surface area contributed by atoms with Gasteiger partial charge in [0.2, 0.25) is 10.0 Å². The number of carbonyl (C=O) groups is 1. The highest BCUT2D eigenvalue weighted by atomic mass is 32.2. The first kappa shape index (κ1) is 27.9. The lowest BCUT2D eigenvalue weighted by Gasteiger charge is -2.26. The van der Waals surface area contributed by atoms with Crippen molar-refractivity contribution in [1.82, 2.24) is 14.3 Å². The first-order valence-electron chi connectivity index (χ1n) is 12.7. The predicted octanol–water partition coefficient (Wildman–Crippen LogP) is 6.15. The van der Waals surface area contributed by atoms with E-state index >= 15 is 0 Å². The molecule has 0 atom stereocenters. The van der Waals surface area contributed by atoms with Gasteiger partial charge in [0.05, 0.1) is 21.7 Å². The quantitative estimate of drug-likeness (QED) is 0.237. The molecule has 0 saturated carbocycles. The molecule has 4 rings (SSSR count). The van der Waals surface area contributed by atoms with Gasteiger partial charge in [0.25, 0.3) is 5.91 Å². The fourth-order valence-corrected chi connectivity index (χ4v) is 7.02. The molecule has 9 heteroatoms. The van der Waals surface area contributed by atoms with E-state index in [2.05, 4.69) is 11.1 Å². The summed E-state index contributed by atoms with van der Waals surface area (Å²) in [6.45, 7) is 11.2. The topological polar surface area (TPSA) is 83.5 Å². The molecular weight excluding hydrogens is 516 g/mol. The number of amides is 1. The molecule has 38 heavy (non-hydrogen) atoms. The molecule has 0 fully saturated rings. The highest BCUT2D eigenvalue weighted by Crippen LogP contribution is 2.31. The van der Waals surface area contributed by atoms with Gasteiger partial charge in [-0.25, -0.2) is 13.4 Å². The minimum absolute atomic E-state index is 0.185. The predicted molar refractivity (Wildman–Crippen MR) is 154 cm³/mol. The summed E-state index contributed by atoms with van der Waals surface area (Å²) in [5, 5.41) is 0.580. The van der Waals surface area contributed by atoms with Gasteiger partial charge in [-0.1, -0.05) is 51.2 Å². The zero-order chi connectivity index (χ0) is 27.4. The molecule has 2 aromatic heterocycles. The number of anilines is 1. The molecule has 0 saturated heterocycles. The van der Waals surface area contributed by atoms with Crippen molar-refractivity contribution >= 4 is 42.6 Å². The fraction of sp³-hybridized carbons (Fsp3) is 0.345. The van der Waals surface area contributed by atoms with E-state index < -0.39 is 10.0 Å². The SMILES string of the molecule is Cc1ccc2nc(N(Cc3cccnc3)C(=O)c3ccc(S(=O)(=O)N(CC(C)C)CC(C)C)cc3)sc2c1. The first-order valence-corrected chi connectivity index (χ1v) is 15.0. The van der Waals surface area contributed by atoms with E-state index in [1.165, 1.54) is 27.8 Å². The van der Waals surface area contributed by atoms with E-state index in [1.54, 1.807) is 29.4 Å². The third-order valence-corrected chi connectivity index (χ3v) is 8.84. The van der Waals surface area contributed by atoms with Crippen molar-refractivity contribution in [3.05, 3.63) is 83.7 Å². The molecule has 200 valence electrons. The summed E-state index contributed by atoms with van der Waals surface area (Å²) in [4.78, 5) is 24.5. The normalized spacial score (nSPS) is 12.1. The van der Waals surface area contributed by atoms with Crippen molar-refractivity contribution in [2.45, 2.75) is 46.1 Å². The van der Waals surface area contributed by atoms with E-state index in [0.29, 0.717) is 30.3 Å². The Morgan fingerprint density at radius 3 is 2.26 bits per heavy atom. The van der Waals surface area contributed by atoms with Crippen LogP contribution in [-0.4, -0.2) is 41.7 Å². The molecule has 0 N–H and O–H groups in total. The van der Waals surface area contributed by atoms with Crippen molar-refractivity contribution in [1.29, 1.82) is 0 Å². The molecule has 1 amide bonds. The molecule has 0 unspecified atom stereocenters. The lowest BCUT2D eigenvalue weighted by Crippen LogP contribution is -2.37. The third-order valence-electron chi connectivity index (χ3n) is 5.95. The number of hydrogen-bond acceptors (Lipinski definition) is 6. The van der Waals surface area contributed by atoms with Gasteiger partial charge in [-0.15, -0.1) is 0 Å². The van der Waals surface area contributed by atoms with E-state index in [0.717, 1.165) is 21.3 Å². The zero-order valence-corrected chi connectivity index (χ0v) is 24.1. The average molecular weight is 551 g/mol. The summed E-state index contributed by atoms with van der Waals surface area (Å²) in [7, 11) is -3.69. The van der Waals surface area contributed by atoms with Crippen LogP contribution in [0.25, 0.3) is 10.2 Å². The summed E-state index contributed by atoms with van der Waals surface area (Å²) in [5.41, 5.74) is 3.21. The van der Waals surface area contributed by atoms with Crippen molar-refractivity contribution in [2.24, 2.45) is 11.8 Å². The highest BCUT2D eigenvalue weighted by Gasteiger charge is 2.27. The van der Waals surface area contributed by atoms with Gasteiger partial charge in [0.15, 0.2) is 5.13 Å². The molecule has 0 aliphatic heterocycles. The van der Waals surface area contributed by atoms with Crippen LogP contribution < -0.4 is 4.90 Å². The Bertz CT molecular complexity index is 1490. The third kappa shape index (κ3) is 6.46. The number of aromatic nitrogens is 2. The zero-order valence-electron chi connectivity index (χ0n) is 22.5. The van der Waals surface area contributed by atoms with Crippen LogP contribution in [0.3, 0.4) is 0 Å². The molecule has 0 aliphatic rings. The minimum atomic E-state index is -3.69. The molecule has 7 nitrogen and oxygen atoms in total. The number of rotatable bonds is 10. The van der Waals surface area contributed by atoms with Crippen molar-refractivity contribution in [2.75, 3.05) is 18.0 Å². The number of benzene rings is 2. The number of fused-ring (bicyclic) bond motifs is 1. The van der Waals surface area contributed by atoms with Gasteiger partial charge in [0, 0.05) is 31.0 Å². The van der Waals surface area contributed by atoms with Gasteiger partial charge >= 0.3 is 0 Å². The van der Waals surface area contributed by atoms with Crippen LogP contribution in [0.15, 0.2) is 71.9 Å². The smallest absolute Gasteiger partial charge is 0.260 e. The molecule has 2 heterocycles. The molecule has 0 radical (unpaired) electrons. The van der Waals surface area contributed by atoms with Crippen LogP contribution in [-0.2, 0) is 16.6 Å². The highest BCUT2D eigenvalue weighted by molar-refractivity contribution is 7.89. The first-order chi connectivity index (χ1) is 18.0. The lowest BCUT2D eigenvalue weighted by molar-refractivity contribution is 0.0985. The fourth-order valence-electron chi connectivity index (χ4n) is 4.20. The van der Waals surface area contributed by atoms with Gasteiger partial charge in [0.1, 0.15) is 0 Å². The Labute approximate surface area is 229 Å². The number of pyridine rings is 1. The number of hydrogen-bond donors (Lipinski definition) is 0. The van der Waals surface area contributed by atoms with Gasteiger partial charge < -0.3 is 0 Å². The van der Waals surface area contributed by atoms with Gasteiger partial charge in [-0.05, 0) is 72.4 Å². The second-order valence-electron chi connectivity index (χ2n) is 10.4. The van der Waals surface area contributed by atoms with Crippen LogP contribution in [0.2, 0.25) is 0 Å². The maximum atomic E-state index is 13.8. The maximum absolute atomic E-state index is 13.8. The molecular formula is C29H34N4O3S2. The van der Waals surface area contributed by atoms with Crippen LogP contribution in [0.1, 0.15) is 49.2 Å². The van der Waals surface area contributed by atoms with Crippen molar-refractivity contribution in [3.8, 4) is 0 Å². The summed E-state index contributed by atoms with van der Waals surface area (Å²) in [6, 6.07) is 16.0. The van der Waals surface area contributed by atoms with Crippen LogP contribution in [0.4, 0.5) is 5.13 Å². The molecule has 2 aromatic carbocycles. The number of carbonyl (C=O) groups excluding carboxylic acids is 1. The summed E-state index contributed by atoms with van der Waals surface area (Å²) in [5.74, 6) is 0.140. The largest absolute Gasteiger partial charge is 0.279 e. The van der Waals surface area contributed by atoms with Crippen LogP contribution in [0.5, 0.6) is 0 Å². The molecule has 4 aromatic rings. The molecule has 0 aliphatic carbocycles. The van der Waals surface area contributed by atoms with Crippen LogP contribution >= 0.6 is 11.3 Å². The Balaban J connectivity index is 1.67. The lowest BCUT2D eigenvalue weighted by atomic mass is 10.2. The number of thiazole rings is 1. The van der Waals surface area contributed by atoms with E-state index in [-0.39, 0.29) is 22.6 Å². The Hall–Kier alpha value is -3.14. The van der Waals surface area contributed by atoms with E-state index in [4.69, 9.17) is 4.98 Å². The standard InChI is InChI=1S/C29H34N4O3S2/c1-20(2)17-32(18-21(3)4)38(35,36)25-11-9-24(10-12-25)28(34)33(19-23-7-6-14-30-16-23)29-31-26-13-8-22(5)15-27(26)37-29/h6-16,20-21H,17-19H2,1-5H3. The summed E-state index contributed by atoms with van der Waals surface area (Å²) in [6.07, 6.45) is 3.42.